The average Bonchev–Trinajstić information content (AvgIpc) is 2.46. The first kappa shape index (κ1) is 26.1. The van der Waals surface area contributed by atoms with Crippen molar-refractivity contribution in [3.05, 3.63) is 0 Å². The fraction of sp³-hybridized carbons (Fsp3) is 1.00. The summed E-state index contributed by atoms with van der Waals surface area (Å²) in [6.07, 6.45) is 2.73. The van der Waals surface area contributed by atoms with Crippen LogP contribution in [0.2, 0.25) is 36.3 Å². The summed E-state index contributed by atoms with van der Waals surface area (Å²) in [4.78, 5) is 0. The van der Waals surface area contributed by atoms with E-state index in [2.05, 4.69) is 97.2 Å². The van der Waals surface area contributed by atoms with E-state index in [1.807, 2.05) is 0 Å². The minimum Gasteiger partial charge on any atom is -0.414 e. The lowest BCUT2D eigenvalue weighted by Crippen LogP contribution is -2.54. The van der Waals surface area contributed by atoms with Crippen molar-refractivity contribution >= 4 is 39.2 Å². The second-order valence-corrected chi connectivity index (χ2v) is 22.0. The smallest absolute Gasteiger partial charge is 0.192 e. The van der Waals surface area contributed by atoms with E-state index in [-0.39, 0.29) is 22.3 Å². The normalized spacial score (nSPS) is 28.4. The predicted molar refractivity (Wildman–Crippen MR) is 131 cm³/mol. The van der Waals surface area contributed by atoms with Crippen molar-refractivity contribution in [2.75, 3.05) is 11.0 Å². The Morgan fingerprint density at radius 3 is 1.89 bits per heavy atom. The topological polar surface area (TPSA) is 27.7 Å². The summed E-state index contributed by atoms with van der Waals surface area (Å²) in [6, 6.07) is 0. The Morgan fingerprint density at radius 1 is 0.926 bits per heavy atom. The van der Waals surface area contributed by atoms with Crippen molar-refractivity contribution in [3.8, 4) is 0 Å². The molecule has 1 saturated heterocycles. The quantitative estimate of drug-likeness (QED) is 0.202. The SMILES string of the molecule is C[C@H]1C[C@H](O[Si](C)(C)C(C)(C)C)[C@@H](CO[Si](C)(C)C(C)(C)C)O[C@H]1CCI. The van der Waals surface area contributed by atoms with Crippen LogP contribution in [0.5, 0.6) is 0 Å². The first-order valence-corrected chi connectivity index (χ1v) is 17.9. The monoisotopic (exact) mass is 528 g/mol. The summed E-state index contributed by atoms with van der Waals surface area (Å²) in [6.45, 7) is 26.2. The van der Waals surface area contributed by atoms with E-state index in [1.54, 1.807) is 0 Å². The van der Waals surface area contributed by atoms with E-state index < -0.39 is 16.6 Å². The fourth-order valence-electron chi connectivity index (χ4n) is 2.91. The molecule has 0 N–H and O–H groups in total. The molecule has 1 rings (SSSR count). The van der Waals surface area contributed by atoms with Crippen LogP contribution in [0, 0.1) is 5.92 Å². The molecule has 0 amide bonds. The molecule has 0 radical (unpaired) electrons. The molecule has 1 aliphatic heterocycles. The first-order chi connectivity index (χ1) is 12.0. The molecule has 27 heavy (non-hydrogen) atoms. The molecule has 4 atom stereocenters. The van der Waals surface area contributed by atoms with Crippen molar-refractivity contribution in [2.45, 2.75) is 116 Å². The van der Waals surface area contributed by atoms with E-state index in [1.165, 1.54) is 0 Å². The summed E-state index contributed by atoms with van der Waals surface area (Å²) in [5.41, 5.74) is 0. The maximum atomic E-state index is 6.85. The van der Waals surface area contributed by atoms with Gasteiger partial charge in [0.05, 0.1) is 18.8 Å². The second-order valence-electron chi connectivity index (χ2n) is 11.4. The maximum absolute atomic E-state index is 6.85. The molecule has 0 aromatic heterocycles. The highest BCUT2D eigenvalue weighted by atomic mass is 127. The minimum absolute atomic E-state index is 0.0531. The van der Waals surface area contributed by atoms with Crippen LogP contribution in [-0.2, 0) is 13.6 Å². The largest absolute Gasteiger partial charge is 0.414 e. The van der Waals surface area contributed by atoms with Gasteiger partial charge in [0.2, 0.25) is 0 Å². The summed E-state index contributed by atoms with van der Waals surface area (Å²) in [5, 5.41) is 0.423. The minimum atomic E-state index is -1.84. The van der Waals surface area contributed by atoms with Crippen molar-refractivity contribution < 1.29 is 13.6 Å². The third kappa shape index (κ3) is 7.05. The van der Waals surface area contributed by atoms with Crippen molar-refractivity contribution in [2.24, 2.45) is 5.92 Å². The first-order valence-electron chi connectivity index (χ1n) is 10.5. The molecule has 0 bridgehead atoms. The van der Waals surface area contributed by atoms with Gasteiger partial charge in [-0.3, -0.25) is 0 Å². The van der Waals surface area contributed by atoms with Gasteiger partial charge in [0.1, 0.15) is 6.10 Å². The summed E-state index contributed by atoms with van der Waals surface area (Å²) >= 11 is 2.46. The van der Waals surface area contributed by atoms with Crippen LogP contribution in [0.1, 0.15) is 61.3 Å². The van der Waals surface area contributed by atoms with Crippen LogP contribution in [0.25, 0.3) is 0 Å². The van der Waals surface area contributed by atoms with Gasteiger partial charge in [-0.2, -0.15) is 0 Å². The molecule has 0 aliphatic carbocycles. The number of alkyl halides is 1. The van der Waals surface area contributed by atoms with Gasteiger partial charge in [0.15, 0.2) is 16.6 Å². The zero-order valence-electron chi connectivity index (χ0n) is 19.7. The van der Waals surface area contributed by atoms with Gasteiger partial charge >= 0.3 is 0 Å². The van der Waals surface area contributed by atoms with E-state index in [0.29, 0.717) is 18.6 Å². The number of hydrogen-bond acceptors (Lipinski definition) is 3. The van der Waals surface area contributed by atoms with Gasteiger partial charge in [-0.15, -0.1) is 0 Å². The third-order valence-corrected chi connectivity index (χ3v) is 16.7. The highest BCUT2D eigenvalue weighted by Crippen LogP contribution is 2.41. The predicted octanol–water partition coefficient (Wildman–Crippen LogP) is 7.02. The van der Waals surface area contributed by atoms with Crippen LogP contribution in [-0.4, -0.2) is 46.0 Å². The number of ether oxygens (including phenoxy) is 1. The van der Waals surface area contributed by atoms with Crippen LogP contribution in [0.3, 0.4) is 0 Å². The Bertz CT molecular complexity index is 469. The number of rotatable bonds is 7. The van der Waals surface area contributed by atoms with Crippen LogP contribution in [0.4, 0.5) is 0 Å². The Morgan fingerprint density at radius 2 is 1.44 bits per heavy atom. The molecule has 1 fully saturated rings. The summed E-state index contributed by atoms with van der Waals surface area (Å²) < 4.78 is 21.2. The lowest BCUT2D eigenvalue weighted by atomic mass is 9.90. The fourth-order valence-corrected chi connectivity index (χ4v) is 5.90. The Kier molecular flexibility index (Phi) is 9.13. The third-order valence-electron chi connectivity index (χ3n) is 7.06. The van der Waals surface area contributed by atoms with E-state index in [9.17, 15) is 0 Å². The van der Waals surface area contributed by atoms with Crippen LogP contribution < -0.4 is 0 Å². The van der Waals surface area contributed by atoms with Gasteiger partial charge in [-0.1, -0.05) is 71.1 Å². The molecule has 0 saturated carbocycles. The number of hydrogen-bond donors (Lipinski definition) is 0. The average molecular weight is 529 g/mol. The second kappa shape index (κ2) is 9.46. The van der Waals surface area contributed by atoms with Gasteiger partial charge < -0.3 is 13.6 Å². The summed E-state index contributed by atoms with van der Waals surface area (Å²) in [7, 11) is -3.64. The maximum Gasteiger partial charge on any atom is 0.192 e. The molecule has 162 valence electrons. The molecule has 6 heteroatoms. The van der Waals surface area contributed by atoms with Crippen molar-refractivity contribution in [1.29, 1.82) is 0 Å². The molecular weight excluding hydrogens is 483 g/mol. The molecular formula is C21H45IO3Si2. The zero-order chi connectivity index (χ0) is 21.3. The van der Waals surface area contributed by atoms with E-state index >= 15 is 0 Å². The van der Waals surface area contributed by atoms with Gasteiger partial charge in [-0.05, 0) is 55.0 Å². The van der Waals surface area contributed by atoms with E-state index in [4.69, 9.17) is 13.6 Å². The Hall–Kier alpha value is 1.04. The van der Waals surface area contributed by atoms with Crippen molar-refractivity contribution in [1.82, 2.24) is 0 Å². The molecule has 0 unspecified atom stereocenters. The lowest BCUT2D eigenvalue weighted by molar-refractivity contribution is -0.148. The molecule has 1 aliphatic rings. The molecule has 0 spiro atoms. The molecule has 0 aromatic carbocycles. The lowest BCUT2D eigenvalue weighted by Gasteiger charge is -2.47. The Balaban J connectivity index is 2.97. The highest BCUT2D eigenvalue weighted by Gasteiger charge is 2.45. The highest BCUT2D eigenvalue weighted by molar-refractivity contribution is 14.1. The van der Waals surface area contributed by atoms with Gasteiger partial charge in [-0.25, -0.2) is 0 Å². The van der Waals surface area contributed by atoms with Crippen molar-refractivity contribution in [3.63, 3.8) is 0 Å². The number of halogens is 1. The Labute approximate surface area is 185 Å². The zero-order valence-corrected chi connectivity index (χ0v) is 23.9. The van der Waals surface area contributed by atoms with E-state index in [0.717, 1.165) is 17.3 Å². The molecule has 3 nitrogen and oxygen atoms in total. The van der Waals surface area contributed by atoms with Gasteiger partial charge in [0, 0.05) is 4.43 Å². The molecule has 0 aromatic rings. The van der Waals surface area contributed by atoms with Crippen LogP contribution in [0.15, 0.2) is 0 Å². The summed E-state index contributed by atoms with van der Waals surface area (Å²) in [5.74, 6) is 0.540. The standard InChI is InChI=1S/C21H45IO3Si2/c1-16-14-18(25-27(10,11)21(5,6)7)19(24-17(16)12-13-22)15-23-26(8,9)20(2,3)4/h16-19H,12-15H2,1-11H3/t16-,17-,18-,19+/m0/s1. The molecule has 1 heterocycles. The van der Waals surface area contributed by atoms with Crippen LogP contribution >= 0.6 is 22.6 Å². The van der Waals surface area contributed by atoms with Gasteiger partial charge in [0.25, 0.3) is 0 Å².